The Bertz CT molecular complexity index is 597. The molecule has 0 amide bonds. The Morgan fingerprint density at radius 1 is 1.10 bits per heavy atom. The van der Waals surface area contributed by atoms with Gasteiger partial charge in [-0.2, -0.15) is 0 Å². The summed E-state index contributed by atoms with van der Waals surface area (Å²) in [6.07, 6.45) is 3.26. The van der Waals surface area contributed by atoms with Gasteiger partial charge < -0.3 is 10.6 Å². The van der Waals surface area contributed by atoms with Gasteiger partial charge in [-0.3, -0.25) is 0 Å². The fourth-order valence-electron chi connectivity index (χ4n) is 2.78. The highest BCUT2D eigenvalue weighted by Crippen LogP contribution is 2.22. The second kappa shape index (κ2) is 6.22. The van der Waals surface area contributed by atoms with E-state index in [0.29, 0.717) is 6.04 Å². The maximum Gasteiger partial charge on any atom is 0.161 e. The van der Waals surface area contributed by atoms with E-state index in [1.165, 1.54) is 0 Å². The molecule has 0 bridgehead atoms. The Balaban J connectivity index is 1.91. The number of aromatic nitrogens is 2. The lowest BCUT2D eigenvalue weighted by molar-refractivity contribution is 0.601. The molecule has 0 unspecified atom stereocenters. The molecule has 4 nitrogen and oxygen atoms in total. The third-order valence-electron chi connectivity index (χ3n) is 3.97. The van der Waals surface area contributed by atoms with Crippen LogP contribution in [0.2, 0.25) is 0 Å². The summed E-state index contributed by atoms with van der Waals surface area (Å²) in [5.41, 5.74) is 8.14. The third kappa shape index (κ3) is 3.39. The average Bonchev–Trinajstić information content (AvgIpc) is 2.72. The molecule has 1 aliphatic rings. The highest BCUT2D eigenvalue weighted by molar-refractivity contribution is 5.57. The minimum absolute atomic E-state index is 0.325. The first-order valence-corrected chi connectivity index (χ1v) is 7.64. The second-order valence-corrected chi connectivity index (χ2v) is 5.74. The molecule has 110 valence electrons. The van der Waals surface area contributed by atoms with Gasteiger partial charge in [-0.05, 0) is 26.2 Å². The Kier molecular flexibility index (Phi) is 4.15. The minimum Gasteiger partial charge on any atom is -0.356 e. The molecular weight excluding hydrogens is 260 g/mol. The maximum atomic E-state index is 6.07. The average molecular weight is 282 g/mol. The Labute approximate surface area is 126 Å². The maximum absolute atomic E-state index is 6.07. The molecule has 1 aromatic carbocycles. The monoisotopic (exact) mass is 282 g/mol. The van der Waals surface area contributed by atoms with Crippen LogP contribution in [0.1, 0.15) is 25.0 Å². The van der Waals surface area contributed by atoms with Gasteiger partial charge in [-0.1, -0.05) is 30.3 Å². The van der Waals surface area contributed by atoms with Crippen LogP contribution in [-0.2, 0) is 0 Å². The number of hydrogen-bond acceptors (Lipinski definition) is 4. The van der Waals surface area contributed by atoms with E-state index in [9.17, 15) is 0 Å². The van der Waals surface area contributed by atoms with E-state index in [0.717, 1.165) is 55.3 Å². The van der Waals surface area contributed by atoms with Crippen molar-refractivity contribution in [1.29, 1.82) is 0 Å². The smallest absolute Gasteiger partial charge is 0.161 e. The quantitative estimate of drug-likeness (QED) is 0.920. The van der Waals surface area contributed by atoms with Crippen LogP contribution in [-0.4, -0.2) is 29.1 Å². The number of anilines is 1. The summed E-state index contributed by atoms with van der Waals surface area (Å²) >= 11 is 0. The fraction of sp³-hybridized carbons (Fsp3) is 0.412. The topological polar surface area (TPSA) is 55.0 Å². The summed E-state index contributed by atoms with van der Waals surface area (Å²) in [6.45, 7) is 4.03. The Hall–Kier alpha value is -1.94. The van der Waals surface area contributed by atoms with Crippen molar-refractivity contribution in [2.45, 2.75) is 32.2 Å². The number of hydrogen-bond donors (Lipinski definition) is 1. The molecule has 21 heavy (non-hydrogen) atoms. The van der Waals surface area contributed by atoms with Crippen LogP contribution in [0.3, 0.4) is 0 Å². The van der Waals surface area contributed by atoms with Crippen molar-refractivity contribution in [3.8, 4) is 11.4 Å². The summed E-state index contributed by atoms with van der Waals surface area (Å²) < 4.78 is 0. The first-order chi connectivity index (χ1) is 10.2. The van der Waals surface area contributed by atoms with Crippen LogP contribution < -0.4 is 10.6 Å². The zero-order valence-corrected chi connectivity index (χ0v) is 12.5. The summed E-state index contributed by atoms with van der Waals surface area (Å²) in [7, 11) is 0. The Morgan fingerprint density at radius 2 is 1.90 bits per heavy atom. The van der Waals surface area contributed by atoms with Crippen LogP contribution in [0.25, 0.3) is 11.4 Å². The molecule has 2 heterocycles. The van der Waals surface area contributed by atoms with Crippen molar-refractivity contribution >= 4 is 5.82 Å². The van der Waals surface area contributed by atoms with Crippen molar-refractivity contribution in [2.75, 3.05) is 18.0 Å². The molecule has 0 spiro atoms. The fourth-order valence-corrected chi connectivity index (χ4v) is 2.78. The van der Waals surface area contributed by atoms with Gasteiger partial charge in [-0.25, -0.2) is 9.97 Å². The lowest BCUT2D eigenvalue weighted by Crippen LogP contribution is -2.27. The summed E-state index contributed by atoms with van der Waals surface area (Å²) in [6, 6.07) is 12.6. The van der Waals surface area contributed by atoms with E-state index in [2.05, 4.69) is 28.1 Å². The summed E-state index contributed by atoms with van der Waals surface area (Å²) in [5.74, 6) is 1.83. The van der Waals surface area contributed by atoms with Crippen molar-refractivity contribution < 1.29 is 0 Å². The van der Waals surface area contributed by atoms with Crippen molar-refractivity contribution in [2.24, 2.45) is 5.73 Å². The highest BCUT2D eigenvalue weighted by atomic mass is 15.2. The molecule has 1 saturated heterocycles. The third-order valence-corrected chi connectivity index (χ3v) is 3.97. The molecule has 3 rings (SSSR count). The second-order valence-electron chi connectivity index (χ2n) is 5.74. The molecule has 4 heteroatoms. The summed E-state index contributed by atoms with van der Waals surface area (Å²) in [4.78, 5) is 11.7. The molecule has 1 atom stereocenters. The predicted octanol–water partition coefficient (Wildman–Crippen LogP) is 2.77. The van der Waals surface area contributed by atoms with Crippen LogP contribution >= 0.6 is 0 Å². The van der Waals surface area contributed by atoms with E-state index in [1.54, 1.807) is 0 Å². The van der Waals surface area contributed by atoms with Gasteiger partial charge in [0.1, 0.15) is 5.82 Å². The SMILES string of the molecule is Cc1cc(N2CCC[C@@H](N)CC2)nc(-c2ccccc2)n1. The van der Waals surface area contributed by atoms with Crippen LogP contribution in [0.5, 0.6) is 0 Å². The van der Waals surface area contributed by atoms with Gasteiger partial charge >= 0.3 is 0 Å². The van der Waals surface area contributed by atoms with Gasteiger partial charge in [0.2, 0.25) is 0 Å². The lowest BCUT2D eigenvalue weighted by atomic mass is 10.1. The van der Waals surface area contributed by atoms with E-state index >= 15 is 0 Å². The van der Waals surface area contributed by atoms with E-state index in [-0.39, 0.29) is 0 Å². The van der Waals surface area contributed by atoms with Gasteiger partial charge in [0.05, 0.1) is 0 Å². The van der Waals surface area contributed by atoms with Gasteiger partial charge in [0, 0.05) is 36.5 Å². The molecule has 1 fully saturated rings. The largest absolute Gasteiger partial charge is 0.356 e. The van der Waals surface area contributed by atoms with E-state index in [4.69, 9.17) is 10.7 Å². The van der Waals surface area contributed by atoms with Crippen molar-refractivity contribution in [1.82, 2.24) is 9.97 Å². The first kappa shape index (κ1) is 14.0. The minimum atomic E-state index is 0.325. The molecule has 1 aromatic heterocycles. The number of benzene rings is 1. The summed E-state index contributed by atoms with van der Waals surface area (Å²) in [5, 5.41) is 0. The number of nitrogens with zero attached hydrogens (tertiary/aromatic N) is 3. The highest BCUT2D eigenvalue weighted by Gasteiger charge is 2.16. The van der Waals surface area contributed by atoms with Gasteiger partial charge in [-0.15, -0.1) is 0 Å². The van der Waals surface area contributed by atoms with Crippen LogP contribution in [0.4, 0.5) is 5.82 Å². The zero-order valence-electron chi connectivity index (χ0n) is 12.5. The molecule has 0 saturated carbocycles. The molecule has 2 aromatic rings. The molecule has 1 aliphatic heterocycles. The molecule has 2 N–H and O–H groups in total. The molecule has 0 aliphatic carbocycles. The number of aryl methyl sites for hydroxylation is 1. The number of rotatable bonds is 2. The van der Waals surface area contributed by atoms with E-state index < -0.39 is 0 Å². The zero-order chi connectivity index (χ0) is 14.7. The normalized spacial score (nSPS) is 19.3. The predicted molar refractivity (Wildman–Crippen MR) is 86.2 cm³/mol. The Morgan fingerprint density at radius 3 is 2.71 bits per heavy atom. The van der Waals surface area contributed by atoms with Crippen LogP contribution in [0, 0.1) is 6.92 Å². The van der Waals surface area contributed by atoms with Gasteiger partial charge in [0.25, 0.3) is 0 Å². The van der Waals surface area contributed by atoms with Gasteiger partial charge in [0.15, 0.2) is 5.82 Å². The molecule has 0 radical (unpaired) electrons. The number of nitrogens with two attached hydrogens (primary N) is 1. The van der Waals surface area contributed by atoms with Crippen molar-refractivity contribution in [3.63, 3.8) is 0 Å². The lowest BCUT2D eigenvalue weighted by Gasteiger charge is -2.22. The van der Waals surface area contributed by atoms with Crippen LogP contribution in [0.15, 0.2) is 36.4 Å². The first-order valence-electron chi connectivity index (χ1n) is 7.64. The molecular formula is C17H22N4. The van der Waals surface area contributed by atoms with Crippen molar-refractivity contribution in [3.05, 3.63) is 42.1 Å². The van der Waals surface area contributed by atoms with E-state index in [1.807, 2.05) is 25.1 Å². The standard InChI is InChI=1S/C17H22N4/c1-13-12-16(21-10-5-8-15(18)9-11-21)20-17(19-13)14-6-3-2-4-7-14/h2-4,6-7,12,15H,5,8-11,18H2,1H3/t15-/m1/s1.